The molecule has 33 heavy (non-hydrogen) atoms. The average molecular weight is 474 g/mol. The van der Waals surface area contributed by atoms with Crippen LogP contribution in [0.5, 0.6) is 0 Å². The number of hydrogen-bond donors (Lipinski definition) is 1. The molecular weight excluding hydrogens is 463 g/mol. The fourth-order valence-corrected chi connectivity index (χ4v) is 3.22. The summed E-state index contributed by atoms with van der Waals surface area (Å²) < 4.78 is 42.3. The van der Waals surface area contributed by atoms with Gasteiger partial charge in [-0.05, 0) is 25.1 Å². The summed E-state index contributed by atoms with van der Waals surface area (Å²) in [6.07, 6.45) is -0.0963. The fraction of sp³-hybridized carbons (Fsp3) is 0.105. The maximum absolute atomic E-state index is 13.9. The summed E-state index contributed by atoms with van der Waals surface area (Å²) in [5, 5.41) is 22.8. The van der Waals surface area contributed by atoms with Crippen molar-refractivity contribution in [3.8, 4) is 17.6 Å². The Labute approximate surface area is 188 Å². The van der Waals surface area contributed by atoms with E-state index in [0.29, 0.717) is 4.68 Å². The van der Waals surface area contributed by atoms with Crippen LogP contribution in [0.15, 0.2) is 43.0 Å². The highest BCUT2D eigenvalue weighted by atomic mass is 35.5. The monoisotopic (exact) mass is 473 g/mol. The van der Waals surface area contributed by atoms with Crippen LogP contribution in [0.1, 0.15) is 27.4 Å². The minimum Gasteiger partial charge on any atom is -0.320 e. The lowest BCUT2D eigenvalue weighted by molar-refractivity contribution is -0.143. The largest absolute Gasteiger partial charge is 0.434 e. The fourth-order valence-electron chi connectivity index (χ4n) is 2.98. The Hall–Kier alpha value is -4.31. The molecule has 0 bridgehead atoms. The van der Waals surface area contributed by atoms with Gasteiger partial charge in [-0.25, -0.2) is 14.6 Å². The number of carbonyl (C=O) groups excluding carboxylic acids is 1. The van der Waals surface area contributed by atoms with E-state index in [-0.39, 0.29) is 33.6 Å². The van der Waals surface area contributed by atoms with Crippen molar-refractivity contribution in [1.82, 2.24) is 34.7 Å². The third-order valence-electron chi connectivity index (χ3n) is 4.37. The van der Waals surface area contributed by atoms with Crippen LogP contribution in [0.25, 0.3) is 11.5 Å². The van der Waals surface area contributed by atoms with E-state index in [0.717, 1.165) is 11.0 Å². The Morgan fingerprint density at radius 3 is 2.52 bits per heavy atom. The van der Waals surface area contributed by atoms with E-state index in [9.17, 15) is 18.0 Å². The number of halogens is 4. The summed E-state index contributed by atoms with van der Waals surface area (Å²) in [5.74, 6) is -0.900. The van der Waals surface area contributed by atoms with Gasteiger partial charge in [0.1, 0.15) is 11.8 Å². The first-order valence-electron chi connectivity index (χ1n) is 9.06. The Bertz CT molecular complexity index is 1390. The van der Waals surface area contributed by atoms with Crippen LogP contribution in [0.2, 0.25) is 5.02 Å². The maximum atomic E-state index is 13.9. The lowest BCUT2D eigenvalue weighted by Gasteiger charge is -2.14. The molecule has 14 heteroatoms. The Kier molecular flexibility index (Phi) is 5.52. The first kappa shape index (κ1) is 21.9. The SMILES string of the molecule is Cc1nc(C#N)ccc1-n1ncc(C(=O)Nc2cnc(-n3nccn3)c(Cl)c2)c1C(F)(F)F. The van der Waals surface area contributed by atoms with Crippen molar-refractivity contribution in [1.29, 1.82) is 5.26 Å². The number of nitrogens with one attached hydrogen (secondary N) is 1. The molecule has 0 aliphatic heterocycles. The van der Waals surface area contributed by atoms with E-state index in [4.69, 9.17) is 16.9 Å². The van der Waals surface area contributed by atoms with Crippen LogP contribution in [-0.4, -0.2) is 40.6 Å². The molecule has 4 aromatic heterocycles. The summed E-state index contributed by atoms with van der Waals surface area (Å²) in [5.41, 5.74) is -1.83. The molecule has 0 fully saturated rings. The number of aromatic nitrogens is 7. The molecule has 10 nitrogen and oxygen atoms in total. The number of hydrogen-bond acceptors (Lipinski definition) is 7. The van der Waals surface area contributed by atoms with Gasteiger partial charge in [-0.2, -0.15) is 33.7 Å². The van der Waals surface area contributed by atoms with E-state index in [1.54, 1.807) is 6.07 Å². The van der Waals surface area contributed by atoms with Crippen molar-refractivity contribution in [2.75, 3.05) is 5.32 Å². The Morgan fingerprint density at radius 2 is 1.91 bits per heavy atom. The lowest BCUT2D eigenvalue weighted by atomic mass is 10.2. The first-order valence-corrected chi connectivity index (χ1v) is 9.43. The predicted molar refractivity (Wildman–Crippen MR) is 108 cm³/mol. The van der Waals surface area contributed by atoms with Crippen LogP contribution in [0, 0.1) is 18.3 Å². The van der Waals surface area contributed by atoms with E-state index in [1.165, 1.54) is 43.7 Å². The summed E-state index contributed by atoms with van der Waals surface area (Å²) in [6, 6.07) is 5.64. The number of aryl methyl sites for hydroxylation is 1. The number of carbonyl (C=O) groups is 1. The Balaban J connectivity index is 1.69. The van der Waals surface area contributed by atoms with Gasteiger partial charge in [-0.1, -0.05) is 11.6 Å². The topological polar surface area (TPSA) is 127 Å². The molecule has 0 saturated heterocycles. The number of pyridine rings is 2. The lowest BCUT2D eigenvalue weighted by Crippen LogP contribution is -2.21. The average Bonchev–Trinajstić information content (AvgIpc) is 3.43. The molecule has 1 N–H and O–H groups in total. The van der Waals surface area contributed by atoms with Crippen LogP contribution in [-0.2, 0) is 6.18 Å². The molecule has 0 spiro atoms. The van der Waals surface area contributed by atoms with E-state index in [1.807, 2.05) is 0 Å². The van der Waals surface area contributed by atoms with Gasteiger partial charge in [0.25, 0.3) is 5.91 Å². The van der Waals surface area contributed by atoms with Gasteiger partial charge in [0, 0.05) is 0 Å². The third-order valence-corrected chi connectivity index (χ3v) is 4.65. The van der Waals surface area contributed by atoms with E-state index < -0.39 is 23.3 Å². The van der Waals surface area contributed by atoms with Crippen molar-refractivity contribution in [3.05, 3.63) is 70.7 Å². The second kappa shape index (κ2) is 8.32. The van der Waals surface area contributed by atoms with Crippen molar-refractivity contribution in [2.45, 2.75) is 13.1 Å². The van der Waals surface area contributed by atoms with Crippen molar-refractivity contribution >= 4 is 23.2 Å². The van der Waals surface area contributed by atoms with Gasteiger partial charge in [0.2, 0.25) is 0 Å². The van der Waals surface area contributed by atoms with Gasteiger partial charge in [-0.15, -0.1) is 4.80 Å². The van der Waals surface area contributed by atoms with Gasteiger partial charge >= 0.3 is 6.18 Å². The first-order chi connectivity index (χ1) is 15.7. The number of nitrogens with zero attached hydrogens (tertiary/aromatic N) is 8. The summed E-state index contributed by atoms with van der Waals surface area (Å²) in [7, 11) is 0. The highest BCUT2D eigenvalue weighted by Crippen LogP contribution is 2.34. The molecule has 0 radical (unpaired) electrons. The maximum Gasteiger partial charge on any atom is 0.434 e. The minimum absolute atomic E-state index is 0.0267. The standard InChI is InChI=1S/C19H11ClF3N9O/c1-10-15(3-2-11(7-24)29-10)31-16(19(21,22)23)13(9-28-31)18(33)30-12-6-14(20)17(25-8-12)32-26-4-5-27-32/h2-6,8-9H,1H3,(H,30,33). The molecule has 0 unspecified atom stereocenters. The molecule has 0 atom stereocenters. The number of rotatable bonds is 4. The number of amides is 1. The smallest absolute Gasteiger partial charge is 0.320 e. The molecule has 0 aliphatic carbocycles. The zero-order valence-corrected chi connectivity index (χ0v) is 17.3. The zero-order valence-electron chi connectivity index (χ0n) is 16.5. The molecule has 4 rings (SSSR count). The normalized spacial score (nSPS) is 11.3. The molecule has 166 valence electrons. The molecule has 4 aromatic rings. The van der Waals surface area contributed by atoms with Crippen molar-refractivity contribution in [3.63, 3.8) is 0 Å². The summed E-state index contributed by atoms with van der Waals surface area (Å²) in [4.78, 5) is 21.8. The van der Waals surface area contributed by atoms with E-state index in [2.05, 4.69) is 30.6 Å². The third kappa shape index (κ3) is 4.23. The van der Waals surface area contributed by atoms with Crippen LogP contribution < -0.4 is 5.32 Å². The van der Waals surface area contributed by atoms with Gasteiger partial charge in [-0.3, -0.25) is 4.79 Å². The number of anilines is 1. The van der Waals surface area contributed by atoms with Gasteiger partial charge in [0.05, 0.1) is 52.4 Å². The Morgan fingerprint density at radius 1 is 1.18 bits per heavy atom. The van der Waals surface area contributed by atoms with Gasteiger partial charge in [0.15, 0.2) is 11.5 Å². The molecule has 0 saturated carbocycles. The van der Waals surface area contributed by atoms with Crippen LogP contribution in [0.3, 0.4) is 0 Å². The molecule has 0 aromatic carbocycles. The molecular formula is C19H11ClF3N9O. The summed E-state index contributed by atoms with van der Waals surface area (Å²) >= 11 is 6.14. The molecule has 0 aliphatic rings. The highest BCUT2D eigenvalue weighted by Gasteiger charge is 2.41. The highest BCUT2D eigenvalue weighted by molar-refractivity contribution is 6.32. The van der Waals surface area contributed by atoms with Crippen LogP contribution >= 0.6 is 11.6 Å². The van der Waals surface area contributed by atoms with Crippen molar-refractivity contribution < 1.29 is 18.0 Å². The quantitative estimate of drug-likeness (QED) is 0.481. The van der Waals surface area contributed by atoms with Gasteiger partial charge < -0.3 is 5.32 Å². The second-order valence-electron chi connectivity index (χ2n) is 6.53. The second-order valence-corrected chi connectivity index (χ2v) is 6.94. The van der Waals surface area contributed by atoms with Crippen LogP contribution in [0.4, 0.5) is 18.9 Å². The zero-order chi connectivity index (χ0) is 23.8. The number of nitriles is 1. The van der Waals surface area contributed by atoms with E-state index >= 15 is 0 Å². The molecule has 1 amide bonds. The molecule has 4 heterocycles. The number of alkyl halides is 3. The summed E-state index contributed by atoms with van der Waals surface area (Å²) in [6.45, 7) is 1.43. The van der Waals surface area contributed by atoms with Crippen molar-refractivity contribution in [2.24, 2.45) is 0 Å². The minimum atomic E-state index is -4.92. The predicted octanol–water partition coefficient (Wildman–Crippen LogP) is 3.35.